The summed E-state index contributed by atoms with van der Waals surface area (Å²) in [6.45, 7) is 1.58. The first-order valence-electron chi connectivity index (χ1n) is 6.30. The molecule has 0 radical (unpaired) electrons. The molecule has 7 heteroatoms. The van der Waals surface area contributed by atoms with Gasteiger partial charge in [0.05, 0.1) is 4.92 Å². The molecule has 0 saturated heterocycles. The number of nitro groups is 1. The molecule has 2 heterocycles. The lowest BCUT2D eigenvalue weighted by molar-refractivity contribution is -0.385. The van der Waals surface area contributed by atoms with E-state index in [1.807, 2.05) is 18.2 Å². The Morgan fingerprint density at radius 3 is 2.71 bits per heavy atom. The van der Waals surface area contributed by atoms with Crippen LogP contribution in [0, 0.1) is 17.0 Å². The van der Waals surface area contributed by atoms with Gasteiger partial charge in [-0.25, -0.2) is 9.97 Å². The molecule has 0 aliphatic heterocycles. The molecule has 0 aliphatic carbocycles. The van der Waals surface area contributed by atoms with Gasteiger partial charge in [-0.3, -0.25) is 10.1 Å². The number of aromatic nitrogens is 2. The third-order valence-electron chi connectivity index (χ3n) is 3.12. The van der Waals surface area contributed by atoms with E-state index in [1.165, 1.54) is 0 Å². The van der Waals surface area contributed by atoms with Crippen LogP contribution in [0.1, 0.15) is 5.69 Å². The highest BCUT2D eigenvalue weighted by Crippen LogP contribution is 2.34. The van der Waals surface area contributed by atoms with Gasteiger partial charge in [-0.1, -0.05) is 18.2 Å². The Balaban J connectivity index is 2.29. The molecule has 0 spiro atoms. The Labute approximate surface area is 119 Å². The Kier molecular flexibility index (Phi) is 3.02. The maximum atomic E-state index is 11.3. The van der Waals surface area contributed by atoms with Gasteiger partial charge in [0.2, 0.25) is 5.95 Å². The number of para-hydroxylation sites is 1. The van der Waals surface area contributed by atoms with Crippen LogP contribution in [0.25, 0.3) is 22.4 Å². The molecule has 0 atom stereocenters. The summed E-state index contributed by atoms with van der Waals surface area (Å²) < 4.78 is 5.68. The molecule has 0 bridgehead atoms. The molecule has 1 aromatic carbocycles. The number of nitrogens with zero attached hydrogens (tertiary/aromatic N) is 3. The van der Waals surface area contributed by atoms with Crippen molar-refractivity contribution >= 4 is 22.6 Å². The normalized spacial score (nSPS) is 10.8. The number of benzene rings is 1. The van der Waals surface area contributed by atoms with Gasteiger partial charge in [0, 0.05) is 12.4 Å². The second-order valence-corrected chi connectivity index (χ2v) is 4.49. The van der Waals surface area contributed by atoms with Crippen LogP contribution in [-0.4, -0.2) is 21.9 Å². The van der Waals surface area contributed by atoms with Crippen LogP contribution in [0.15, 0.2) is 34.7 Å². The van der Waals surface area contributed by atoms with Crippen molar-refractivity contribution in [1.29, 1.82) is 0 Å². The van der Waals surface area contributed by atoms with Crippen LogP contribution in [0.3, 0.4) is 0 Å². The maximum Gasteiger partial charge on any atom is 0.319 e. The molecule has 0 aliphatic rings. The number of hydrogen-bond acceptors (Lipinski definition) is 6. The first-order valence-corrected chi connectivity index (χ1v) is 6.30. The van der Waals surface area contributed by atoms with Crippen LogP contribution in [0.2, 0.25) is 0 Å². The lowest BCUT2D eigenvalue weighted by atomic mass is 10.2. The largest absolute Gasteiger partial charge is 0.454 e. The minimum atomic E-state index is -0.489. The molecule has 0 fully saturated rings. The second-order valence-electron chi connectivity index (χ2n) is 4.49. The number of rotatable bonds is 3. The van der Waals surface area contributed by atoms with E-state index in [1.54, 1.807) is 26.1 Å². The number of aryl methyl sites for hydroxylation is 1. The molecule has 2 aromatic heterocycles. The van der Waals surface area contributed by atoms with E-state index >= 15 is 0 Å². The van der Waals surface area contributed by atoms with Crippen molar-refractivity contribution < 1.29 is 9.34 Å². The predicted octanol–water partition coefficient (Wildman–Crippen LogP) is 3.15. The Bertz CT molecular complexity index is 808. The van der Waals surface area contributed by atoms with Gasteiger partial charge < -0.3 is 9.73 Å². The van der Waals surface area contributed by atoms with Crippen LogP contribution in [0.5, 0.6) is 0 Å². The van der Waals surface area contributed by atoms with E-state index in [-0.39, 0.29) is 17.1 Å². The van der Waals surface area contributed by atoms with Crippen molar-refractivity contribution in [3.63, 3.8) is 0 Å². The summed E-state index contributed by atoms with van der Waals surface area (Å²) >= 11 is 0. The fraction of sp³-hybridized carbons (Fsp3) is 0.143. The summed E-state index contributed by atoms with van der Waals surface area (Å²) in [6, 6.07) is 9.14. The summed E-state index contributed by atoms with van der Waals surface area (Å²) in [6.07, 6.45) is 0. The molecule has 3 rings (SSSR count). The summed E-state index contributed by atoms with van der Waals surface area (Å²) in [5, 5.41) is 15.0. The zero-order valence-corrected chi connectivity index (χ0v) is 11.5. The van der Waals surface area contributed by atoms with Crippen LogP contribution in [-0.2, 0) is 0 Å². The van der Waals surface area contributed by atoms with Gasteiger partial charge in [-0.2, -0.15) is 0 Å². The molecule has 21 heavy (non-hydrogen) atoms. The molecule has 0 amide bonds. The molecule has 3 aromatic rings. The minimum absolute atomic E-state index is 0.145. The number of anilines is 1. The SMILES string of the molecule is CNc1nc(C)c([N+](=O)[O-])c(-c2cc3ccccc3o2)n1. The third kappa shape index (κ3) is 2.18. The molecule has 1 N–H and O–H groups in total. The number of furan rings is 1. The number of hydrogen-bond donors (Lipinski definition) is 1. The number of fused-ring (bicyclic) bond motifs is 1. The summed E-state index contributed by atoms with van der Waals surface area (Å²) in [4.78, 5) is 19.0. The number of nitrogens with one attached hydrogen (secondary N) is 1. The topological polar surface area (TPSA) is 94.1 Å². The summed E-state index contributed by atoms with van der Waals surface area (Å²) in [7, 11) is 1.66. The van der Waals surface area contributed by atoms with Crippen LogP contribution >= 0.6 is 0 Å². The molecule has 7 nitrogen and oxygen atoms in total. The maximum absolute atomic E-state index is 11.3. The fourth-order valence-electron chi connectivity index (χ4n) is 2.17. The van der Waals surface area contributed by atoms with Crippen molar-refractivity contribution in [2.24, 2.45) is 0 Å². The Hall–Kier alpha value is -2.96. The fourth-order valence-corrected chi connectivity index (χ4v) is 2.17. The van der Waals surface area contributed by atoms with Gasteiger partial charge in [-0.05, 0) is 19.1 Å². The standard InChI is InChI=1S/C14H12N4O3/c1-8-13(18(19)20)12(17-14(15-2)16-8)11-7-9-5-3-4-6-10(9)21-11/h3-7H,1-2H3,(H,15,16,17). The van der Waals surface area contributed by atoms with Crippen molar-refractivity contribution in [3.8, 4) is 11.5 Å². The van der Waals surface area contributed by atoms with Gasteiger partial charge in [-0.15, -0.1) is 0 Å². The second kappa shape index (κ2) is 4.86. The van der Waals surface area contributed by atoms with Crippen molar-refractivity contribution in [2.45, 2.75) is 6.92 Å². The molecular formula is C14H12N4O3. The first kappa shape index (κ1) is 13.0. The van der Waals surface area contributed by atoms with E-state index in [0.29, 0.717) is 17.3 Å². The van der Waals surface area contributed by atoms with Crippen LogP contribution < -0.4 is 5.32 Å². The highest BCUT2D eigenvalue weighted by Gasteiger charge is 2.25. The quantitative estimate of drug-likeness (QED) is 0.586. The molecule has 106 valence electrons. The van der Waals surface area contributed by atoms with Gasteiger partial charge in [0.15, 0.2) is 11.5 Å². The van der Waals surface area contributed by atoms with E-state index < -0.39 is 4.92 Å². The van der Waals surface area contributed by atoms with E-state index in [4.69, 9.17) is 4.42 Å². The zero-order valence-electron chi connectivity index (χ0n) is 11.5. The summed E-state index contributed by atoms with van der Waals surface area (Å²) in [5.74, 6) is 0.665. The van der Waals surface area contributed by atoms with E-state index in [2.05, 4.69) is 15.3 Å². The lowest BCUT2D eigenvalue weighted by Crippen LogP contribution is -2.04. The van der Waals surface area contributed by atoms with Gasteiger partial charge in [0.1, 0.15) is 11.3 Å². The third-order valence-corrected chi connectivity index (χ3v) is 3.12. The van der Waals surface area contributed by atoms with E-state index in [9.17, 15) is 10.1 Å². The molecular weight excluding hydrogens is 272 g/mol. The van der Waals surface area contributed by atoms with Gasteiger partial charge >= 0.3 is 5.69 Å². The highest BCUT2D eigenvalue weighted by molar-refractivity contribution is 5.84. The zero-order chi connectivity index (χ0) is 15.0. The lowest BCUT2D eigenvalue weighted by Gasteiger charge is -2.05. The van der Waals surface area contributed by atoms with Gasteiger partial charge in [0.25, 0.3) is 0 Å². The van der Waals surface area contributed by atoms with Crippen molar-refractivity contribution in [3.05, 3.63) is 46.1 Å². The highest BCUT2D eigenvalue weighted by atomic mass is 16.6. The average molecular weight is 284 g/mol. The van der Waals surface area contributed by atoms with Crippen LogP contribution in [0.4, 0.5) is 11.6 Å². The molecule has 0 unspecified atom stereocenters. The minimum Gasteiger partial charge on any atom is -0.454 e. The average Bonchev–Trinajstić information content (AvgIpc) is 2.89. The molecule has 0 saturated carbocycles. The first-order chi connectivity index (χ1) is 10.1. The van der Waals surface area contributed by atoms with E-state index in [0.717, 1.165) is 5.39 Å². The smallest absolute Gasteiger partial charge is 0.319 e. The predicted molar refractivity (Wildman–Crippen MR) is 78.2 cm³/mol. The van der Waals surface area contributed by atoms with Crippen molar-refractivity contribution in [2.75, 3.05) is 12.4 Å². The Morgan fingerprint density at radius 1 is 1.29 bits per heavy atom. The Morgan fingerprint density at radius 2 is 2.05 bits per heavy atom. The monoisotopic (exact) mass is 284 g/mol. The van der Waals surface area contributed by atoms with Crippen molar-refractivity contribution in [1.82, 2.24) is 9.97 Å². The summed E-state index contributed by atoms with van der Waals surface area (Å²) in [5.41, 5.74) is 0.972.